The molecule has 82 valence electrons. The van der Waals surface area contributed by atoms with Crippen molar-refractivity contribution < 1.29 is 14.7 Å². The van der Waals surface area contributed by atoms with Gasteiger partial charge in [0.25, 0.3) is 0 Å². The number of hydrogen-bond donors (Lipinski definition) is 1. The molecule has 2 atom stereocenters. The molecule has 0 fully saturated rings. The Morgan fingerprint density at radius 3 is 2.80 bits per heavy atom. The van der Waals surface area contributed by atoms with Crippen LogP contribution in [0.2, 0.25) is 0 Å². The zero-order chi connectivity index (χ0) is 11.4. The highest BCUT2D eigenvalue weighted by molar-refractivity contribution is 5.77. The largest absolute Gasteiger partial charge is 0.480 e. The third-order valence-electron chi connectivity index (χ3n) is 2.67. The molecule has 1 N–H and O–H groups in total. The van der Waals surface area contributed by atoms with Gasteiger partial charge in [0.05, 0.1) is 5.69 Å². The fourth-order valence-electron chi connectivity index (χ4n) is 1.62. The molecular weight excluding hydrogens is 194 g/mol. The molecule has 4 nitrogen and oxygen atoms in total. The number of nitrogens with zero attached hydrogens (tertiary/aromatic N) is 1. The Kier molecular flexibility index (Phi) is 3.66. The number of aromatic nitrogens is 1. The molecule has 0 saturated heterocycles. The van der Waals surface area contributed by atoms with Crippen molar-refractivity contribution in [1.82, 2.24) is 4.57 Å². The summed E-state index contributed by atoms with van der Waals surface area (Å²) in [5.41, 5.74) is 0.405. The number of carboxylic acids is 1. The van der Waals surface area contributed by atoms with Crippen molar-refractivity contribution >= 4 is 12.3 Å². The van der Waals surface area contributed by atoms with Crippen LogP contribution in [0.4, 0.5) is 0 Å². The maximum absolute atomic E-state index is 11.1. The summed E-state index contributed by atoms with van der Waals surface area (Å²) in [5.74, 6) is -0.905. The van der Waals surface area contributed by atoms with E-state index in [1.54, 1.807) is 18.3 Å². The molecule has 1 aromatic rings. The highest BCUT2D eigenvalue weighted by atomic mass is 16.4. The lowest BCUT2D eigenvalue weighted by Crippen LogP contribution is -2.26. The van der Waals surface area contributed by atoms with E-state index in [1.165, 1.54) is 4.57 Å². The molecule has 0 aromatic carbocycles. The molecule has 1 rings (SSSR count). The van der Waals surface area contributed by atoms with E-state index in [4.69, 9.17) is 5.11 Å². The summed E-state index contributed by atoms with van der Waals surface area (Å²) in [4.78, 5) is 21.8. The number of carbonyl (C=O) groups is 2. The SMILES string of the molecule is CC[C@H](C)[C@@H](C(=O)O)n1cccc1C=O. The lowest BCUT2D eigenvalue weighted by atomic mass is 9.99. The van der Waals surface area contributed by atoms with Gasteiger partial charge in [-0.3, -0.25) is 4.79 Å². The normalized spacial score (nSPS) is 14.5. The minimum Gasteiger partial charge on any atom is -0.480 e. The van der Waals surface area contributed by atoms with Crippen LogP contribution in [0.15, 0.2) is 18.3 Å². The van der Waals surface area contributed by atoms with Crippen LogP contribution < -0.4 is 0 Å². The topological polar surface area (TPSA) is 59.3 Å². The molecule has 0 aliphatic heterocycles. The first kappa shape index (κ1) is 11.5. The summed E-state index contributed by atoms with van der Waals surface area (Å²) in [6, 6.07) is 2.64. The second-order valence-corrected chi connectivity index (χ2v) is 3.63. The Morgan fingerprint density at radius 1 is 1.67 bits per heavy atom. The van der Waals surface area contributed by atoms with E-state index in [9.17, 15) is 9.59 Å². The van der Waals surface area contributed by atoms with Gasteiger partial charge in [-0.05, 0) is 18.1 Å². The molecule has 1 heterocycles. The molecule has 0 unspecified atom stereocenters. The lowest BCUT2D eigenvalue weighted by Gasteiger charge is -2.21. The van der Waals surface area contributed by atoms with Gasteiger partial charge >= 0.3 is 5.97 Å². The van der Waals surface area contributed by atoms with Gasteiger partial charge in [-0.2, -0.15) is 0 Å². The third-order valence-corrected chi connectivity index (χ3v) is 2.67. The predicted molar refractivity (Wildman–Crippen MR) is 55.9 cm³/mol. The molecule has 0 spiro atoms. The van der Waals surface area contributed by atoms with Crippen LogP contribution >= 0.6 is 0 Å². The van der Waals surface area contributed by atoms with Crippen molar-refractivity contribution in [3.8, 4) is 0 Å². The van der Waals surface area contributed by atoms with E-state index >= 15 is 0 Å². The summed E-state index contributed by atoms with van der Waals surface area (Å²) in [7, 11) is 0. The summed E-state index contributed by atoms with van der Waals surface area (Å²) in [6.07, 6.45) is 3.07. The highest BCUT2D eigenvalue weighted by Gasteiger charge is 2.26. The van der Waals surface area contributed by atoms with E-state index < -0.39 is 12.0 Å². The molecule has 15 heavy (non-hydrogen) atoms. The fourth-order valence-corrected chi connectivity index (χ4v) is 1.62. The molecule has 0 bridgehead atoms. The van der Waals surface area contributed by atoms with E-state index in [1.807, 2.05) is 13.8 Å². The first-order valence-electron chi connectivity index (χ1n) is 4.96. The fraction of sp³-hybridized carbons (Fsp3) is 0.455. The average Bonchev–Trinajstić information content (AvgIpc) is 2.65. The van der Waals surface area contributed by atoms with Gasteiger partial charge < -0.3 is 9.67 Å². The van der Waals surface area contributed by atoms with Gasteiger partial charge in [-0.15, -0.1) is 0 Å². The maximum Gasteiger partial charge on any atom is 0.326 e. The first-order chi connectivity index (χ1) is 7.11. The van der Waals surface area contributed by atoms with Crippen LogP contribution in [-0.4, -0.2) is 21.9 Å². The Labute approximate surface area is 88.5 Å². The third kappa shape index (κ3) is 2.26. The molecular formula is C11H15NO3. The summed E-state index contributed by atoms with van der Waals surface area (Å²) in [5, 5.41) is 9.13. The van der Waals surface area contributed by atoms with Crippen molar-refractivity contribution in [3.05, 3.63) is 24.0 Å². The minimum absolute atomic E-state index is 0.00593. The van der Waals surface area contributed by atoms with Crippen molar-refractivity contribution in [2.45, 2.75) is 26.3 Å². The molecule has 0 aliphatic carbocycles. The van der Waals surface area contributed by atoms with Crippen LogP contribution in [0.25, 0.3) is 0 Å². The van der Waals surface area contributed by atoms with Crippen molar-refractivity contribution in [2.24, 2.45) is 5.92 Å². The molecule has 4 heteroatoms. The zero-order valence-corrected chi connectivity index (χ0v) is 8.88. The molecule has 0 saturated carbocycles. The highest BCUT2D eigenvalue weighted by Crippen LogP contribution is 2.23. The first-order valence-corrected chi connectivity index (χ1v) is 4.96. The monoisotopic (exact) mass is 209 g/mol. The molecule has 0 radical (unpaired) electrons. The summed E-state index contributed by atoms with van der Waals surface area (Å²) < 4.78 is 1.52. The minimum atomic E-state index is -0.899. The smallest absolute Gasteiger partial charge is 0.326 e. The van der Waals surface area contributed by atoms with Crippen LogP contribution in [0.5, 0.6) is 0 Å². The van der Waals surface area contributed by atoms with Crippen molar-refractivity contribution in [3.63, 3.8) is 0 Å². The second-order valence-electron chi connectivity index (χ2n) is 3.63. The maximum atomic E-state index is 11.1. The van der Waals surface area contributed by atoms with Gasteiger partial charge in [0.2, 0.25) is 0 Å². The number of aldehydes is 1. The number of carboxylic acid groups (broad SMARTS) is 1. The lowest BCUT2D eigenvalue weighted by molar-refractivity contribution is -0.142. The standard InChI is InChI=1S/C11H15NO3/c1-3-8(2)10(11(14)15)12-6-4-5-9(12)7-13/h4-8,10H,3H2,1-2H3,(H,14,15)/t8-,10-/m0/s1. The Balaban J connectivity index is 3.09. The van der Waals surface area contributed by atoms with Crippen LogP contribution in [-0.2, 0) is 4.79 Å². The van der Waals surface area contributed by atoms with Gasteiger partial charge in [-0.25, -0.2) is 4.79 Å². The Bertz CT molecular complexity index is 356. The average molecular weight is 209 g/mol. The quantitative estimate of drug-likeness (QED) is 0.754. The second kappa shape index (κ2) is 4.77. The Hall–Kier alpha value is -1.58. The van der Waals surface area contributed by atoms with Gasteiger partial charge in [-0.1, -0.05) is 20.3 Å². The van der Waals surface area contributed by atoms with E-state index in [2.05, 4.69) is 0 Å². The van der Waals surface area contributed by atoms with Crippen LogP contribution in [0, 0.1) is 5.92 Å². The van der Waals surface area contributed by atoms with Gasteiger partial charge in [0, 0.05) is 6.20 Å². The van der Waals surface area contributed by atoms with E-state index in [-0.39, 0.29) is 5.92 Å². The number of rotatable bonds is 5. The van der Waals surface area contributed by atoms with Gasteiger partial charge in [0.1, 0.15) is 6.04 Å². The molecule has 0 amide bonds. The van der Waals surface area contributed by atoms with Gasteiger partial charge in [0.15, 0.2) is 6.29 Å². The summed E-state index contributed by atoms with van der Waals surface area (Å²) in [6.45, 7) is 3.80. The van der Waals surface area contributed by atoms with Crippen LogP contribution in [0.3, 0.4) is 0 Å². The van der Waals surface area contributed by atoms with Crippen molar-refractivity contribution in [2.75, 3.05) is 0 Å². The van der Waals surface area contributed by atoms with Crippen LogP contribution in [0.1, 0.15) is 36.8 Å². The number of carbonyl (C=O) groups excluding carboxylic acids is 1. The number of hydrogen-bond acceptors (Lipinski definition) is 2. The van der Waals surface area contributed by atoms with Crippen molar-refractivity contribution in [1.29, 1.82) is 0 Å². The van der Waals surface area contributed by atoms with E-state index in [0.29, 0.717) is 12.0 Å². The molecule has 0 aliphatic rings. The summed E-state index contributed by atoms with van der Waals surface area (Å²) >= 11 is 0. The Morgan fingerprint density at radius 2 is 2.33 bits per heavy atom. The zero-order valence-electron chi connectivity index (χ0n) is 8.88. The van der Waals surface area contributed by atoms with E-state index in [0.717, 1.165) is 6.42 Å². The number of aliphatic carboxylic acids is 1. The predicted octanol–water partition coefficient (Wildman–Crippen LogP) is 1.97. The molecule has 1 aromatic heterocycles.